The lowest BCUT2D eigenvalue weighted by atomic mass is 10.1. The van der Waals surface area contributed by atoms with Gasteiger partial charge < -0.3 is 9.16 Å². The topological polar surface area (TPSA) is 47.6 Å². The first-order chi connectivity index (χ1) is 13.9. The molecular weight excluding hydrogens is 378 g/mol. The Kier molecular flexibility index (Phi) is 5.64. The maximum atomic E-state index is 12.5. The molecule has 0 amide bonds. The summed E-state index contributed by atoms with van der Waals surface area (Å²) in [5.41, 5.74) is 0. The van der Waals surface area contributed by atoms with Crippen LogP contribution >= 0.6 is 0 Å². The molecule has 5 heteroatoms. The Morgan fingerprint density at radius 1 is 1.00 bits per heavy atom. The summed E-state index contributed by atoms with van der Waals surface area (Å²) >= 11 is 0. The van der Waals surface area contributed by atoms with E-state index in [9.17, 15) is 4.79 Å². The Morgan fingerprint density at radius 2 is 1.55 bits per heavy atom. The Balaban J connectivity index is 1.68. The highest BCUT2D eigenvalue weighted by Crippen LogP contribution is 2.37. The number of rotatable bonds is 6. The summed E-state index contributed by atoms with van der Waals surface area (Å²) in [6, 6.07) is 20.9. The molecule has 0 radical (unpaired) electrons. The summed E-state index contributed by atoms with van der Waals surface area (Å²) in [5, 5.41) is 5.86. The minimum atomic E-state index is -2.64. The lowest BCUT2D eigenvalue weighted by molar-refractivity contribution is -0.153. The van der Waals surface area contributed by atoms with Gasteiger partial charge >= 0.3 is 5.97 Å². The van der Waals surface area contributed by atoms with Gasteiger partial charge in [-0.15, -0.1) is 0 Å². The Morgan fingerprint density at radius 3 is 2.03 bits per heavy atom. The van der Waals surface area contributed by atoms with Crippen LogP contribution in [0, 0.1) is 5.92 Å². The molecule has 2 aromatic carbocycles. The van der Waals surface area contributed by atoms with Crippen molar-refractivity contribution in [3.05, 3.63) is 60.7 Å². The van der Waals surface area contributed by atoms with Crippen molar-refractivity contribution in [2.45, 2.75) is 50.7 Å². The van der Waals surface area contributed by atoms with E-state index in [4.69, 9.17) is 9.16 Å². The van der Waals surface area contributed by atoms with Gasteiger partial charge in [-0.3, -0.25) is 10.1 Å². The van der Waals surface area contributed by atoms with E-state index < -0.39 is 14.4 Å². The number of carbonyl (C=O) groups is 1. The summed E-state index contributed by atoms with van der Waals surface area (Å²) < 4.78 is 12.4. The number of benzene rings is 2. The number of morpholine rings is 1. The quantitative estimate of drug-likeness (QED) is 0.589. The Hall–Kier alpha value is -1.95. The molecule has 1 aliphatic heterocycles. The fourth-order valence-electron chi connectivity index (χ4n) is 4.50. The van der Waals surface area contributed by atoms with Crippen LogP contribution in [0.5, 0.6) is 0 Å². The van der Waals surface area contributed by atoms with E-state index in [1.807, 2.05) is 12.1 Å². The van der Waals surface area contributed by atoms with Crippen LogP contribution in [-0.2, 0) is 14.0 Å². The van der Waals surface area contributed by atoms with Crippen LogP contribution in [-0.4, -0.2) is 39.6 Å². The standard InChI is InChI=1S/C24H31NO3Si/c1-24(2,3)29(19-10-6-4-7-11-19,20-12-8-5-9-13-20)28-17-22-23(26)27-16-21(25-22)18-14-15-18/h4-13,18,21-22,25H,14-17H2,1-3H3/t21-,22-/m0/s1. The first-order valence-electron chi connectivity index (χ1n) is 10.6. The zero-order valence-corrected chi connectivity index (χ0v) is 18.6. The van der Waals surface area contributed by atoms with Crippen molar-refractivity contribution < 1.29 is 14.0 Å². The molecular formula is C24H31NO3Si. The minimum Gasteiger partial charge on any atom is -0.463 e. The minimum absolute atomic E-state index is 0.107. The van der Waals surface area contributed by atoms with Gasteiger partial charge in [0.1, 0.15) is 12.6 Å². The van der Waals surface area contributed by atoms with E-state index in [0.717, 1.165) is 0 Å². The molecule has 1 N–H and O–H groups in total. The van der Waals surface area contributed by atoms with Crippen molar-refractivity contribution in [1.82, 2.24) is 5.32 Å². The average molecular weight is 410 g/mol. The third-order valence-electron chi connectivity index (χ3n) is 6.18. The first kappa shape index (κ1) is 20.3. The first-order valence-corrected chi connectivity index (χ1v) is 12.5. The van der Waals surface area contributed by atoms with E-state index in [1.165, 1.54) is 23.2 Å². The molecule has 2 fully saturated rings. The lowest BCUT2D eigenvalue weighted by Gasteiger charge is -2.44. The fraction of sp³-hybridized carbons (Fsp3) is 0.458. The van der Waals surface area contributed by atoms with Crippen molar-refractivity contribution >= 4 is 24.7 Å². The Bertz CT molecular complexity index is 791. The van der Waals surface area contributed by atoms with Gasteiger partial charge in [-0.2, -0.15) is 0 Å². The molecule has 1 heterocycles. The van der Waals surface area contributed by atoms with Crippen LogP contribution in [0.2, 0.25) is 5.04 Å². The van der Waals surface area contributed by atoms with Crippen LogP contribution in [0.15, 0.2) is 60.7 Å². The van der Waals surface area contributed by atoms with Gasteiger partial charge in [0.2, 0.25) is 0 Å². The Labute approximate surface area is 174 Å². The molecule has 0 bridgehead atoms. The highest BCUT2D eigenvalue weighted by Gasteiger charge is 2.51. The third kappa shape index (κ3) is 4.04. The van der Waals surface area contributed by atoms with Crippen molar-refractivity contribution in [1.29, 1.82) is 0 Å². The SMILES string of the molecule is CC(C)(C)[Si](OC[C@@H]1N[C@H](C2CC2)COC1=O)(c1ccccc1)c1ccccc1. The fourth-order valence-corrected chi connectivity index (χ4v) is 9.08. The van der Waals surface area contributed by atoms with Crippen LogP contribution in [0.25, 0.3) is 0 Å². The molecule has 0 spiro atoms. The second kappa shape index (κ2) is 8.05. The van der Waals surface area contributed by atoms with Crippen molar-refractivity contribution in [3.8, 4) is 0 Å². The van der Waals surface area contributed by atoms with Crippen LogP contribution in [0.1, 0.15) is 33.6 Å². The molecule has 2 aliphatic rings. The van der Waals surface area contributed by atoms with E-state index in [2.05, 4.69) is 74.6 Å². The molecule has 4 rings (SSSR count). The van der Waals surface area contributed by atoms with Crippen LogP contribution in [0.4, 0.5) is 0 Å². The number of ether oxygens (including phenoxy) is 1. The highest BCUT2D eigenvalue weighted by molar-refractivity contribution is 6.99. The van der Waals surface area contributed by atoms with E-state index in [1.54, 1.807) is 0 Å². The second-order valence-electron chi connectivity index (χ2n) is 9.27. The molecule has 2 aromatic rings. The zero-order chi connectivity index (χ0) is 20.5. The predicted molar refractivity (Wildman–Crippen MR) is 118 cm³/mol. The molecule has 2 atom stereocenters. The molecule has 29 heavy (non-hydrogen) atoms. The van der Waals surface area contributed by atoms with Gasteiger partial charge in [0.15, 0.2) is 0 Å². The van der Waals surface area contributed by atoms with Gasteiger partial charge in [0.05, 0.1) is 6.61 Å². The van der Waals surface area contributed by atoms with Gasteiger partial charge in [0, 0.05) is 6.04 Å². The molecule has 1 saturated carbocycles. The van der Waals surface area contributed by atoms with E-state index in [-0.39, 0.29) is 17.0 Å². The summed E-state index contributed by atoms with van der Waals surface area (Å²) in [5.74, 6) is 0.443. The summed E-state index contributed by atoms with van der Waals surface area (Å²) in [7, 11) is -2.64. The van der Waals surface area contributed by atoms with Gasteiger partial charge in [-0.05, 0) is 34.2 Å². The third-order valence-corrected chi connectivity index (χ3v) is 11.2. The molecule has 1 saturated heterocycles. The monoisotopic (exact) mass is 409 g/mol. The number of carbonyl (C=O) groups excluding carboxylic acids is 1. The summed E-state index contributed by atoms with van der Waals surface area (Å²) in [4.78, 5) is 12.5. The molecule has 4 nitrogen and oxygen atoms in total. The number of cyclic esters (lactones) is 1. The molecule has 0 unspecified atom stereocenters. The zero-order valence-electron chi connectivity index (χ0n) is 17.6. The predicted octanol–water partition coefficient (Wildman–Crippen LogP) is 2.86. The second-order valence-corrected chi connectivity index (χ2v) is 13.6. The maximum absolute atomic E-state index is 12.5. The smallest absolute Gasteiger partial charge is 0.325 e. The molecule has 0 aromatic heterocycles. The average Bonchev–Trinajstić information content (AvgIpc) is 3.56. The van der Waals surface area contributed by atoms with Crippen molar-refractivity contribution in [2.75, 3.05) is 13.2 Å². The number of hydrogen-bond acceptors (Lipinski definition) is 4. The van der Waals surface area contributed by atoms with Crippen LogP contribution in [0.3, 0.4) is 0 Å². The number of esters is 1. The van der Waals surface area contributed by atoms with Crippen LogP contribution < -0.4 is 15.7 Å². The van der Waals surface area contributed by atoms with Gasteiger partial charge in [-0.1, -0.05) is 81.4 Å². The van der Waals surface area contributed by atoms with Gasteiger partial charge in [-0.25, -0.2) is 0 Å². The molecule has 1 aliphatic carbocycles. The highest BCUT2D eigenvalue weighted by atomic mass is 28.4. The van der Waals surface area contributed by atoms with Crippen molar-refractivity contribution in [3.63, 3.8) is 0 Å². The van der Waals surface area contributed by atoms with E-state index in [0.29, 0.717) is 19.1 Å². The summed E-state index contributed by atoms with van der Waals surface area (Å²) in [6.45, 7) is 7.56. The maximum Gasteiger partial charge on any atom is 0.325 e. The number of hydrogen-bond donors (Lipinski definition) is 1. The normalized spacial score (nSPS) is 22.9. The largest absolute Gasteiger partial charge is 0.463 e. The summed E-state index contributed by atoms with van der Waals surface area (Å²) in [6.07, 6.45) is 2.44. The lowest BCUT2D eigenvalue weighted by Crippen LogP contribution is -2.68. The van der Waals surface area contributed by atoms with E-state index >= 15 is 0 Å². The van der Waals surface area contributed by atoms with Gasteiger partial charge in [0.25, 0.3) is 8.32 Å². The van der Waals surface area contributed by atoms with Crippen molar-refractivity contribution in [2.24, 2.45) is 5.92 Å². The number of nitrogens with one attached hydrogen (secondary N) is 1. The molecule has 154 valence electrons.